The fourth-order valence-electron chi connectivity index (χ4n) is 2.57. The summed E-state index contributed by atoms with van der Waals surface area (Å²) in [5.74, 6) is 0.904. The lowest BCUT2D eigenvalue weighted by Crippen LogP contribution is -1.94. The van der Waals surface area contributed by atoms with Crippen molar-refractivity contribution in [1.29, 1.82) is 0 Å². The normalized spacial score (nSPS) is 11.1. The van der Waals surface area contributed by atoms with E-state index in [1.165, 1.54) is 13.2 Å². The van der Waals surface area contributed by atoms with Crippen LogP contribution in [0.25, 0.3) is 17.0 Å². The number of hydrogen-bond acceptors (Lipinski definition) is 3. The second kappa shape index (κ2) is 6.81. The Labute approximate surface area is 144 Å². The number of carbonyl (C=O) groups excluding carboxylic acids is 1. The number of para-hydroxylation sites is 1. The lowest BCUT2D eigenvalue weighted by molar-refractivity contribution is 0.104. The van der Waals surface area contributed by atoms with Crippen LogP contribution in [0.3, 0.4) is 0 Å². The summed E-state index contributed by atoms with van der Waals surface area (Å²) in [4.78, 5) is 15.6. The Morgan fingerprint density at radius 2 is 1.96 bits per heavy atom. The maximum absolute atomic E-state index is 12.5. The minimum absolute atomic E-state index is 0.0849. The molecule has 0 fully saturated rings. The Bertz CT molecular complexity index is 928. The number of rotatable bonds is 5. The van der Waals surface area contributed by atoms with Gasteiger partial charge in [0.1, 0.15) is 0 Å². The molecule has 3 aromatic rings. The molecule has 0 bridgehead atoms. The van der Waals surface area contributed by atoms with Gasteiger partial charge in [0.05, 0.1) is 19.2 Å². The zero-order valence-corrected chi connectivity index (χ0v) is 14.1. The van der Waals surface area contributed by atoms with Crippen molar-refractivity contribution in [2.24, 2.45) is 0 Å². The molecular formula is C19H16ClNO3. The van der Waals surface area contributed by atoms with Crippen LogP contribution in [0.5, 0.6) is 11.5 Å². The van der Waals surface area contributed by atoms with E-state index in [0.29, 0.717) is 22.1 Å². The zero-order valence-electron chi connectivity index (χ0n) is 13.3. The summed E-state index contributed by atoms with van der Waals surface area (Å²) in [6.07, 6.45) is 4.95. The first-order valence-electron chi connectivity index (χ1n) is 7.34. The van der Waals surface area contributed by atoms with Gasteiger partial charge in [-0.15, -0.1) is 0 Å². The van der Waals surface area contributed by atoms with Crippen LogP contribution in [0, 0.1) is 0 Å². The molecule has 0 saturated heterocycles. The molecule has 4 nitrogen and oxygen atoms in total. The van der Waals surface area contributed by atoms with Gasteiger partial charge in [0.2, 0.25) is 0 Å². The van der Waals surface area contributed by atoms with Gasteiger partial charge < -0.3 is 14.5 Å². The monoisotopic (exact) mass is 341 g/mol. The molecule has 0 aliphatic carbocycles. The van der Waals surface area contributed by atoms with Crippen LogP contribution in [-0.4, -0.2) is 25.0 Å². The largest absolute Gasteiger partial charge is 0.493 e. The molecule has 0 amide bonds. The first-order valence-corrected chi connectivity index (χ1v) is 7.72. The number of H-pyrrole nitrogens is 1. The van der Waals surface area contributed by atoms with Crippen LogP contribution in [-0.2, 0) is 0 Å². The summed E-state index contributed by atoms with van der Waals surface area (Å²) >= 11 is 6.18. The quantitative estimate of drug-likeness (QED) is 0.539. The fraction of sp³-hybridized carbons (Fsp3) is 0.105. The molecule has 0 aliphatic heterocycles. The number of ether oxygens (including phenoxy) is 2. The van der Waals surface area contributed by atoms with E-state index >= 15 is 0 Å². The number of nitrogens with one attached hydrogen (secondary N) is 1. The van der Waals surface area contributed by atoms with Crippen molar-refractivity contribution in [2.75, 3.05) is 14.2 Å². The van der Waals surface area contributed by atoms with E-state index in [2.05, 4.69) is 4.98 Å². The van der Waals surface area contributed by atoms with Crippen molar-refractivity contribution in [3.63, 3.8) is 0 Å². The average Bonchev–Trinajstić information content (AvgIpc) is 3.03. The SMILES string of the molecule is COc1cc(/C=C/C(=O)c2c[nH]c3ccccc23)cc(Cl)c1OC. The zero-order chi connectivity index (χ0) is 17.1. The molecule has 0 aliphatic rings. The molecule has 0 atom stereocenters. The van der Waals surface area contributed by atoms with E-state index in [4.69, 9.17) is 21.1 Å². The summed E-state index contributed by atoms with van der Waals surface area (Å²) in [5.41, 5.74) is 2.32. The van der Waals surface area contributed by atoms with Gasteiger partial charge in [0, 0.05) is 22.7 Å². The van der Waals surface area contributed by atoms with Crippen molar-refractivity contribution >= 4 is 34.4 Å². The second-order valence-electron chi connectivity index (χ2n) is 5.18. The first kappa shape index (κ1) is 16.1. The van der Waals surface area contributed by atoms with E-state index in [1.54, 1.807) is 31.5 Å². The third kappa shape index (κ3) is 3.01. The Kier molecular flexibility index (Phi) is 4.58. The van der Waals surface area contributed by atoms with E-state index in [9.17, 15) is 4.79 Å². The summed E-state index contributed by atoms with van der Waals surface area (Å²) in [5, 5.41) is 1.33. The topological polar surface area (TPSA) is 51.3 Å². The number of fused-ring (bicyclic) bond motifs is 1. The maximum Gasteiger partial charge on any atom is 0.187 e. The molecule has 0 spiro atoms. The van der Waals surface area contributed by atoms with E-state index in [0.717, 1.165) is 16.5 Å². The van der Waals surface area contributed by atoms with Gasteiger partial charge in [-0.1, -0.05) is 35.9 Å². The van der Waals surface area contributed by atoms with Crippen molar-refractivity contribution in [3.05, 3.63) is 64.8 Å². The smallest absolute Gasteiger partial charge is 0.187 e. The number of halogens is 1. The lowest BCUT2D eigenvalue weighted by Gasteiger charge is -2.10. The van der Waals surface area contributed by atoms with Crippen molar-refractivity contribution < 1.29 is 14.3 Å². The Balaban J connectivity index is 1.90. The van der Waals surface area contributed by atoms with Crippen molar-refractivity contribution in [3.8, 4) is 11.5 Å². The highest BCUT2D eigenvalue weighted by atomic mass is 35.5. The van der Waals surface area contributed by atoms with Gasteiger partial charge in [-0.3, -0.25) is 4.79 Å². The molecule has 5 heteroatoms. The van der Waals surface area contributed by atoms with Gasteiger partial charge in [0.25, 0.3) is 0 Å². The molecule has 1 N–H and O–H groups in total. The Morgan fingerprint density at radius 3 is 2.71 bits per heavy atom. The van der Waals surface area contributed by atoms with E-state index in [1.807, 2.05) is 24.3 Å². The molecule has 1 aromatic heterocycles. The average molecular weight is 342 g/mol. The highest BCUT2D eigenvalue weighted by Gasteiger charge is 2.11. The van der Waals surface area contributed by atoms with Crippen LogP contribution in [0.4, 0.5) is 0 Å². The Morgan fingerprint density at radius 1 is 1.17 bits per heavy atom. The summed E-state index contributed by atoms with van der Waals surface area (Å²) in [6, 6.07) is 11.2. The molecule has 122 valence electrons. The Hall–Kier alpha value is -2.72. The van der Waals surface area contributed by atoms with E-state index < -0.39 is 0 Å². The van der Waals surface area contributed by atoms with Crippen LogP contribution in [0.2, 0.25) is 5.02 Å². The number of aromatic nitrogens is 1. The van der Waals surface area contributed by atoms with Gasteiger partial charge in [0.15, 0.2) is 17.3 Å². The summed E-state index contributed by atoms with van der Waals surface area (Å²) in [7, 11) is 3.07. The lowest BCUT2D eigenvalue weighted by atomic mass is 10.1. The third-order valence-electron chi connectivity index (χ3n) is 3.74. The predicted molar refractivity (Wildman–Crippen MR) is 96.2 cm³/mol. The molecule has 24 heavy (non-hydrogen) atoms. The van der Waals surface area contributed by atoms with Gasteiger partial charge in [-0.2, -0.15) is 0 Å². The summed E-state index contributed by atoms with van der Waals surface area (Å²) in [6.45, 7) is 0. The molecule has 1 heterocycles. The van der Waals surface area contributed by atoms with Gasteiger partial charge in [-0.05, 0) is 29.8 Å². The molecule has 2 aromatic carbocycles. The first-order chi connectivity index (χ1) is 11.6. The molecule has 0 unspecified atom stereocenters. The maximum atomic E-state index is 12.5. The highest BCUT2D eigenvalue weighted by molar-refractivity contribution is 6.32. The minimum atomic E-state index is -0.0849. The number of benzene rings is 2. The third-order valence-corrected chi connectivity index (χ3v) is 4.02. The molecule has 0 saturated carbocycles. The molecular weight excluding hydrogens is 326 g/mol. The fourth-order valence-corrected chi connectivity index (χ4v) is 2.87. The standard InChI is InChI=1S/C19H16ClNO3/c1-23-18-10-12(9-15(20)19(18)24-2)7-8-17(22)14-11-21-16-6-4-3-5-13(14)16/h3-11,21H,1-2H3/b8-7+. The highest BCUT2D eigenvalue weighted by Crippen LogP contribution is 2.36. The number of hydrogen-bond donors (Lipinski definition) is 1. The number of aromatic amines is 1. The van der Waals surface area contributed by atoms with E-state index in [-0.39, 0.29) is 5.78 Å². The van der Waals surface area contributed by atoms with Gasteiger partial charge >= 0.3 is 0 Å². The van der Waals surface area contributed by atoms with Crippen LogP contribution >= 0.6 is 11.6 Å². The van der Waals surface area contributed by atoms with Crippen LogP contribution < -0.4 is 9.47 Å². The number of ketones is 1. The summed E-state index contributed by atoms with van der Waals surface area (Å²) < 4.78 is 10.5. The van der Waals surface area contributed by atoms with Crippen LogP contribution in [0.1, 0.15) is 15.9 Å². The van der Waals surface area contributed by atoms with Crippen LogP contribution in [0.15, 0.2) is 48.7 Å². The number of allylic oxidation sites excluding steroid dienone is 1. The second-order valence-corrected chi connectivity index (χ2v) is 5.59. The minimum Gasteiger partial charge on any atom is -0.493 e. The van der Waals surface area contributed by atoms with Crippen molar-refractivity contribution in [2.45, 2.75) is 0 Å². The number of methoxy groups -OCH3 is 2. The van der Waals surface area contributed by atoms with Crippen molar-refractivity contribution in [1.82, 2.24) is 4.98 Å². The van der Waals surface area contributed by atoms with Gasteiger partial charge in [-0.25, -0.2) is 0 Å². The molecule has 0 radical (unpaired) electrons. The predicted octanol–water partition coefficient (Wildman–Crippen LogP) is 4.73. The number of carbonyl (C=O) groups is 1. The molecule has 3 rings (SSSR count).